The highest BCUT2D eigenvalue weighted by molar-refractivity contribution is 7.89. The number of sulfonamides is 1. The van der Waals surface area contributed by atoms with Gasteiger partial charge in [-0.3, -0.25) is 0 Å². The number of hydrogen-bond acceptors (Lipinski definition) is 3. The summed E-state index contributed by atoms with van der Waals surface area (Å²) in [7, 11) is -3.71. The van der Waals surface area contributed by atoms with Crippen LogP contribution in [0.2, 0.25) is 0 Å². The molecule has 6 heteroatoms. The van der Waals surface area contributed by atoms with Crippen LogP contribution in [-0.4, -0.2) is 26.7 Å². The van der Waals surface area contributed by atoms with Crippen molar-refractivity contribution in [3.05, 3.63) is 29.6 Å². The predicted molar refractivity (Wildman–Crippen MR) is 71.8 cm³/mol. The molecular formula is C13H20FNO3S. The Kier molecular flexibility index (Phi) is 5.90. The fraction of sp³-hybridized carbons (Fsp3) is 0.538. The van der Waals surface area contributed by atoms with Crippen LogP contribution in [0.4, 0.5) is 4.39 Å². The monoisotopic (exact) mass is 289 g/mol. The Morgan fingerprint density at radius 1 is 1.42 bits per heavy atom. The van der Waals surface area contributed by atoms with Gasteiger partial charge >= 0.3 is 0 Å². The van der Waals surface area contributed by atoms with Crippen molar-refractivity contribution in [3.63, 3.8) is 0 Å². The summed E-state index contributed by atoms with van der Waals surface area (Å²) >= 11 is 0. The van der Waals surface area contributed by atoms with E-state index in [1.165, 1.54) is 12.1 Å². The van der Waals surface area contributed by atoms with Crippen molar-refractivity contribution in [2.45, 2.75) is 31.6 Å². The van der Waals surface area contributed by atoms with Crippen LogP contribution in [0.3, 0.4) is 0 Å². The SMILES string of the molecule is CCC(CCO)CNS(=O)(=O)c1cc(F)ccc1C. The maximum Gasteiger partial charge on any atom is 0.240 e. The number of benzene rings is 1. The maximum atomic E-state index is 13.1. The molecule has 1 aromatic carbocycles. The molecule has 1 aromatic rings. The number of hydrogen-bond donors (Lipinski definition) is 2. The Balaban J connectivity index is 2.83. The number of rotatable bonds is 7. The summed E-state index contributed by atoms with van der Waals surface area (Å²) in [6, 6.07) is 3.69. The van der Waals surface area contributed by atoms with Crippen LogP contribution < -0.4 is 4.72 Å². The molecule has 0 spiro atoms. The summed E-state index contributed by atoms with van der Waals surface area (Å²) in [5.41, 5.74) is 0.504. The molecule has 0 aliphatic heterocycles. The third kappa shape index (κ3) is 4.56. The van der Waals surface area contributed by atoms with Crippen molar-refractivity contribution >= 4 is 10.0 Å². The fourth-order valence-electron chi connectivity index (χ4n) is 1.80. The number of aliphatic hydroxyl groups is 1. The molecule has 0 radical (unpaired) electrons. The zero-order valence-corrected chi connectivity index (χ0v) is 12.0. The molecule has 0 aliphatic rings. The summed E-state index contributed by atoms with van der Waals surface area (Å²) in [4.78, 5) is -0.0358. The van der Waals surface area contributed by atoms with Crippen LogP contribution >= 0.6 is 0 Å². The van der Waals surface area contributed by atoms with Gasteiger partial charge in [0.05, 0.1) is 4.90 Å². The minimum Gasteiger partial charge on any atom is -0.396 e. The first-order valence-electron chi connectivity index (χ1n) is 6.27. The average Bonchev–Trinajstić information content (AvgIpc) is 2.37. The number of nitrogens with one attached hydrogen (secondary N) is 1. The third-order valence-corrected chi connectivity index (χ3v) is 4.68. The van der Waals surface area contributed by atoms with E-state index in [0.717, 1.165) is 12.5 Å². The second-order valence-electron chi connectivity index (χ2n) is 4.55. The van der Waals surface area contributed by atoms with Gasteiger partial charge < -0.3 is 5.11 Å². The van der Waals surface area contributed by atoms with Gasteiger partial charge in [0.15, 0.2) is 0 Å². The van der Waals surface area contributed by atoms with E-state index in [0.29, 0.717) is 12.0 Å². The standard InChI is InChI=1S/C13H20FNO3S/c1-3-11(6-7-16)9-15-19(17,18)13-8-12(14)5-4-10(13)2/h4-5,8,11,15-16H,3,6-7,9H2,1-2H3. The molecule has 1 rings (SSSR count). The molecule has 108 valence electrons. The molecular weight excluding hydrogens is 269 g/mol. The van der Waals surface area contributed by atoms with Crippen LogP contribution in [0.25, 0.3) is 0 Å². The topological polar surface area (TPSA) is 66.4 Å². The second-order valence-corrected chi connectivity index (χ2v) is 6.28. The smallest absolute Gasteiger partial charge is 0.240 e. The maximum absolute atomic E-state index is 13.1. The Morgan fingerprint density at radius 2 is 2.11 bits per heavy atom. The highest BCUT2D eigenvalue weighted by Crippen LogP contribution is 2.17. The molecule has 0 bridgehead atoms. The highest BCUT2D eigenvalue weighted by atomic mass is 32.2. The van der Waals surface area contributed by atoms with Gasteiger partial charge in [-0.25, -0.2) is 17.5 Å². The van der Waals surface area contributed by atoms with E-state index >= 15 is 0 Å². The second kappa shape index (κ2) is 6.98. The lowest BCUT2D eigenvalue weighted by atomic mass is 10.0. The van der Waals surface area contributed by atoms with Gasteiger partial charge in [0, 0.05) is 13.2 Å². The molecule has 0 fully saturated rings. The molecule has 0 aliphatic carbocycles. The Morgan fingerprint density at radius 3 is 2.68 bits per heavy atom. The summed E-state index contributed by atoms with van der Waals surface area (Å²) in [6.45, 7) is 3.83. The molecule has 19 heavy (non-hydrogen) atoms. The van der Waals surface area contributed by atoms with Gasteiger partial charge in [0.2, 0.25) is 10.0 Å². The lowest BCUT2D eigenvalue weighted by Crippen LogP contribution is -2.30. The molecule has 0 saturated carbocycles. The van der Waals surface area contributed by atoms with Crippen molar-refractivity contribution in [1.29, 1.82) is 0 Å². The molecule has 2 N–H and O–H groups in total. The van der Waals surface area contributed by atoms with E-state index in [9.17, 15) is 12.8 Å². The van der Waals surface area contributed by atoms with Crippen molar-refractivity contribution in [3.8, 4) is 0 Å². The van der Waals surface area contributed by atoms with E-state index < -0.39 is 15.8 Å². The van der Waals surface area contributed by atoms with Gasteiger partial charge in [-0.1, -0.05) is 19.4 Å². The average molecular weight is 289 g/mol. The lowest BCUT2D eigenvalue weighted by molar-refractivity contribution is 0.254. The quantitative estimate of drug-likeness (QED) is 0.804. The van der Waals surface area contributed by atoms with E-state index in [2.05, 4.69) is 4.72 Å². The van der Waals surface area contributed by atoms with Gasteiger partial charge in [0.1, 0.15) is 5.82 Å². The van der Waals surface area contributed by atoms with Crippen molar-refractivity contribution in [2.24, 2.45) is 5.92 Å². The molecule has 0 amide bonds. The van der Waals surface area contributed by atoms with Crippen LogP contribution in [-0.2, 0) is 10.0 Å². The van der Waals surface area contributed by atoms with E-state index in [4.69, 9.17) is 5.11 Å². The molecule has 4 nitrogen and oxygen atoms in total. The first-order chi connectivity index (χ1) is 8.90. The molecule has 0 saturated heterocycles. The minimum absolute atomic E-state index is 0.0270. The zero-order chi connectivity index (χ0) is 14.5. The Hall–Kier alpha value is -0.980. The van der Waals surface area contributed by atoms with Crippen LogP contribution in [0, 0.1) is 18.7 Å². The third-order valence-electron chi connectivity index (χ3n) is 3.12. The largest absolute Gasteiger partial charge is 0.396 e. The first-order valence-corrected chi connectivity index (χ1v) is 7.75. The van der Waals surface area contributed by atoms with Gasteiger partial charge in [-0.15, -0.1) is 0 Å². The normalized spacial score (nSPS) is 13.5. The Labute approximate surface area is 113 Å². The van der Waals surface area contributed by atoms with Crippen LogP contribution in [0.1, 0.15) is 25.3 Å². The van der Waals surface area contributed by atoms with Gasteiger partial charge in [0.25, 0.3) is 0 Å². The van der Waals surface area contributed by atoms with Crippen LogP contribution in [0.15, 0.2) is 23.1 Å². The van der Waals surface area contributed by atoms with Gasteiger partial charge in [-0.2, -0.15) is 0 Å². The van der Waals surface area contributed by atoms with E-state index in [1.807, 2.05) is 6.92 Å². The summed E-state index contributed by atoms with van der Waals surface area (Å²) in [5.74, 6) is -0.498. The van der Waals surface area contributed by atoms with Crippen LogP contribution in [0.5, 0.6) is 0 Å². The van der Waals surface area contributed by atoms with Crippen molar-refractivity contribution in [1.82, 2.24) is 4.72 Å². The molecule has 1 unspecified atom stereocenters. The molecule has 0 heterocycles. The minimum atomic E-state index is -3.71. The number of aliphatic hydroxyl groups excluding tert-OH is 1. The summed E-state index contributed by atoms with van der Waals surface area (Å²) in [6.07, 6.45) is 1.31. The number of halogens is 1. The van der Waals surface area contributed by atoms with Crippen molar-refractivity contribution < 1.29 is 17.9 Å². The Bertz CT molecular complexity index is 517. The molecule has 0 aromatic heterocycles. The first kappa shape index (κ1) is 16.1. The van der Waals surface area contributed by atoms with E-state index in [-0.39, 0.29) is 24.0 Å². The lowest BCUT2D eigenvalue weighted by Gasteiger charge is -2.15. The summed E-state index contributed by atoms with van der Waals surface area (Å²) < 4.78 is 39.8. The highest BCUT2D eigenvalue weighted by Gasteiger charge is 2.18. The number of aryl methyl sites for hydroxylation is 1. The van der Waals surface area contributed by atoms with Crippen molar-refractivity contribution in [2.75, 3.05) is 13.2 Å². The summed E-state index contributed by atoms with van der Waals surface area (Å²) in [5, 5.41) is 8.87. The fourth-order valence-corrected chi connectivity index (χ4v) is 3.17. The van der Waals surface area contributed by atoms with E-state index in [1.54, 1.807) is 6.92 Å². The molecule has 1 atom stereocenters. The zero-order valence-electron chi connectivity index (χ0n) is 11.2. The predicted octanol–water partition coefficient (Wildman–Crippen LogP) is 1.82. The van der Waals surface area contributed by atoms with Gasteiger partial charge in [-0.05, 0) is 37.0 Å².